The van der Waals surface area contributed by atoms with Crippen molar-refractivity contribution in [2.45, 2.75) is 36.6 Å². The van der Waals surface area contributed by atoms with E-state index in [0.717, 1.165) is 30.5 Å². The molecule has 1 aliphatic heterocycles. The van der Waals surface area contributed by atoms with E-state index in [-0.39, 0.29) is 11.5 Å². The van der Waals surface area contributed by atoms with Gasteiger partial charge in [-0.15, -0.1) is 0 Å². The molecule has 0 unspecified atom stereocenters. The minimum absolute atomic E-state index is 0.0450. The molecule has 2 aromatic carbocycles. The SMILES string of the molecule is C[C@H](Sc1nc(-c2ccccc2)c(C#N)c(=O)[nH]1)C(=O)Nc1ccc(N2CCCCC2)cc1. The molecular weight excluding hydrogens is 434 g/mol. The smallest absolute Gasteiger partial charge is 0.270 e. The minimum atomic E-state index is -0.519. The molecule has 4 rings (SSSR count). The standard InChI is InChI=1S/C25H25N5O2S/c1-17(23(31)27-19-10-12-20(13-11-19)30-14-6-3-7-15-30)33-25-28-22(18-8-4-2-5-9-18)21(16-26)24(32)29-25/h2,4-5,8-13,17H,3,6-7,14-15H2,1H3,(H,27,31)(H,28,29,32)/t17-/m0/s1. The van der Waals surface area contributed by atoms with Crippen LogP contribution in [0.25, 0.3) is 11.3 Å². The fourth-order valence-electron chi connectivity index (χ4n) is 3.79. The van der Waals surface area contributed by atoms with Gasteiger partial charge in [-0.2, -0.15) is 5.26 Å². The van der Waals surface area contributed by atoms with Gasteiger partial charge in [0.1, 0.15) is 11.6 Å². The van der Waals surface area contributed by atoms with Gasteiger partial charge >= 0.3 is 0 Å². The second-order valence-electron chi connectivity index (χ2n) is 7.92. The molecule has 3 aromatic rings. The number of benzene rings is 2. The fraction of sp³-hybridized carbons (Fsp3) is 0.280. The van der Waals surface area contributed by atoms with Crippen LogP contribution in [-0.4, -0.2) is 34.2 Å². The second kappa shape index (κ2) is 10.4. The van der Waals surface area contributed by atoms with E-state index >= 15 is 0 Å². The third-order valence-electron chi connectivity index (χ3n) is 5.57. The maximum Gasteiger partial charge on any atom is 0.270 e. The maximum absolute atomic E-state index is 12.8. The van der Waals surface area contributed by atoms with Crippen LogP contribution in [0.1, 0.15) is 31.7 Å². The van der Waals surface area contributed by atoms with Gasteiger partial charge in [0, 0.05) is 30.0 Å². The van der Waals surface area contributed by atoms with E-state index in [4.69, 9.17) is 0 Å². The number of carbonyl (C=O) groups is 1. The predicted octanol–water partition coefficient (Wildman–Crippen LogP) is 4.42. The van der Waals surface area contributed by atoms with Crippen molar-refractivity contribution >= 4 is 29.0 Å². The van der Waals surface area contributed by atoms with Crippen LogP contribution in [0.4, 0.5) is 11.4 Å². The number of anilines is 2. The lowest BCUT2D eigenvalue weighted by Gasteiger charge is -2.28. The van der Waals surface area contributed by atoms with Gasteiger partial charge in [0.15, 0.2) is 5.16 Å². The lowest BCUT2D eigenvalue weighted by Crippen LogP contribution is -2.29. The van der Waals surface area contributed by atoms with Crippen LogP contribution in [-0.2, 0) is 4.79 Å². The number of piperidine rings is 1. The van der Waals surface area contributed by atoms with Gasteiger partial charge in [-0.1, -0.05) is 42.1 Å². The molecule has 2 heterocycles. The Morgan fingerprint density at radius 3 is 2.48 bits per heavy atom. The van der Waals surface area contributed by atoms with Crippen molar-refractivity contribution in [1.82, 2.24) is 9.97 Å². The number of nitrogens with zero attached hydrogens (tertiary/aromatic N) is 3. The molecule has 1 saturated heterocycles. The van der Waals surface area contributed by atoms with Gasteiger partial charge in [0.05, 0.1) is 10.9 Å². The van der Waals surface area contributed by atoms with Crippen molar-refractivity contribution in [2.24, 2.45) is 0 Å². The number of thioether (sulfide) groups is 1. The Labute approximate surface area is 196 Å². The molecule has 0 bridgehead atoms. The number of nitriles is 1. The third-order valence-corrected chi connectivity index (χ3v) is 6.55. The Morgan fingerprint density at radius 2 is 1.82 bits per heavy atom. The van der Waals surface area contributed by atoms with Crippen LogP contribution in [0.2, 0.25) is 0 Å². The number of H-pyrrole nitrogens is 1. The largest absolute Gasteiger partial charge is 0.372 e. The van der Waals surface area contributed by atoms with Gasteiger partial charge < -0.3 is 15.2 Å². The van der Waals surface area contributed by atoms with Crippen molar-refractivity contribution in [2.75, 3.05) is 23.3 Å². The quantitative estimate of drug-likeness (QED) is 0.418. The zero-order chi connectivity index (χ0) is 23.2. The summed E-state index contributed by atoms with van der Waals surface area (Å²) in [5, 5.41) is 12.1. The first-order chi connectivity index (χ1) is 16.0. The highest BCUT2D eigenvalue weighted by Gasteiger charge is 2.19. The minimum Gasteiger partial charge on any atom is -0.372 e. The van der Waals surface area contributed by atoms with E-state index in [1.165, 1.54) is 24.9 Å². The van der Waals surface area contributed by atoms with Crippen molar-refractivity contribution in [3.63, 3.8) is 0 Å². The normalized spacial score (nSPS) is 14.4. The molecule has 0 spiro atoms. The van der Waals surface area contributed by atoms with Crippen LogP contribution < -0.4 is 15.8 Å². The molecule has 1 amide bonds. The monoisotopic (exact) mass is 459 g/mol. The number of rotatable bonds is 6. The number of aromatic amines is 1. The summed E-state index contributed by atoms with van der Waals surface area (Å²) in [4.78, 5) is 34.6. The molecule has 168 valence electrons. The molecule has 8 heteroatoms. The van der Waals surface area contributed by atoms with Gasteiger partial charge in [0.25, 0.3) is 5.56 Å². The topological polar surface area (TPSA) is 102 Å². The number of hydrogen-bond acceptors (Lipinski definition) is 6. The summed E-state index contributed by atoms with van der Waals surface area (Å²) in [5.74, 6) is -0.195. The van der Waals surface area contributed by atoms with E-state index in [2.05, 4.69) is 20.2 Å². The average molecular weight is 460 g/mol. The number of carbonyl (C=O) groups excluding carboxylic acids is 1. The maximum atomic E-state index is 12.8. The Balaban J connectivity index is 1.45. The average Bonchev–Trinajstić information content (AvgIpc) is 2.85. The summed E-state index contributed by atoms with van der Waals surface area (Å²) < 4.78 is 0. The van der Waals surface area contributed by atoms with Crippen LogP contribution >= 0.6 is 11.8 Å². The van der Waals surface area contributed by atoms with Crippen LogP contribution in [0.15, 0.2) is 64.5 Å². The summed E-state index contributed by atoms with van der Waals surface area (Å²) >= 11 is 1.14. The molecule has 0 radical (unpaired) electrons. The van der Waals surface area contributed by atoms with E-state index in [1.807, 2.05) is 48.5 Å². The van der Waals surface area contributed by atoms with Crippen molar-refractivity contribution in [3.8, 4) is 17.3 Å². The molecule has 2 N–H and O–H groups in total. The number of amides is 1. The molecule has 0 saturated carbocycles. The van der Waals surface area contributed by atoms with Crippen molar-refractivity contribution in [1.29, 1.82) is 5.26 Å². The van der Waals surface area contributed by atoms with Gasteiger partial charge in [-0.05, 0) is 50.5 Å². The Bertz CT molecular complexity index is 1210. The third kappa shape index (κ3) is 5.44. The zero-order valence-corrected chi connectivity index (χ0v) is 19.2. The summed E-state index contributed by atoms with van der Waals surface area (Å²) in [6.45, 7) is 3.89. The van der Waals surface area contributed by atoms with Crippen LogP contribution in [0.3, 0.4) is 0 Å². The molecule has 1 fully saturated rings. The molecular formula is C25H25N5O2S. The lowest BCUT2D eigenvalue weighted by molar-refractivity contribution is -0.115. The highest BCUT2D eigenvalue weighted by atomic mass is 32.2. The molecule has 1 atom stereocenters. The van der Waals surface area contributed by atoms with Crippen molar-refractivity contribution in [3.05, 3.63) is 70.5 Å². The summed E-state index contributed by atoms with van der Waals surface area (Å²) in [6.07, 6.45) is 3.71. The van der Waals surface area contributed by atoms with E-state index in [9.17, 15) is 14.9 Å². The number of nitrogens with one attached hydrogen (secondary N) is 2. The highest BCUT2D eigenvalue weighted by molar-refractivity contribution is 8.00. The highest BCUT2D eigenvalue weighted by Crippen LogP contribution is 2.26. The molecule has 0 aliphatic carbocycles. The first-order valence-corrected chi connectivity index (χ1v) is 11.9. The van der Waals surface area contributed by atoms with Gasteiger partial charge in [0.2, 0.25) is 5.91 Å². The Morgan fingerprint density at radius 1 is 1.12 bits per heavy atom. The molecule has 1 aliphatic rings. The van der Waals surface area contributed by atoms with Crippen molar-refractivity contribution < 1.29 is 4.79 Å². The first-order valence-electron chi connectivity index (χ1n) is 11.0. The fourth-order valence-corrected chi connectivity index (χ4v) is 4.59. The summed E-state index contributed by atoms with van der Waals surface area (Å²) in [6, 6.07) is 18.9. The van der Waals surface area contributed by atoms with E-state index < -0.39 is 10.8 Å². The molecule has 1 aromatic heterocycles. The molecule has 7 nitrogen and oxygen atoms in total. The first kappa shape index (κ1) is 22.6. The zero-order valence-electron chi connectivity index (χ0n) is 18.4. The Kier molecular flexibility index (Phi) is 7.10. The lowest BCUT2D eigenvalue weighted by atomic mass is 10.1. The van der Waals surface area contributed by atoms with Crippen LogP contribution in [0, 0.1) is 11.3 Å². The second-order valence-corrected chi connectivity index (χ2v) is 9.25. The van der Waals surface area contributed by atoms with E-state index in [1.54, 1.807) is 19.1 Å². The van der Waals surface area contributed by atoms with E-state index in [0.29, 0.717) is 16.4 Å². The van der Waals surface area contributed by atoms with Crippen LogP contribution in [0.5, 0.6) is 0 Å². The number of hydrogen-bond donors (Lipinski definition) is 2. The number of aromatic nitrogens is 2. The summed E-state index contributed by atoms with van der Waals surface area (Å²) in [7, 11) is 0. The van der Waals surface area contributed by atoms with Gasteiger partial charge in [-0.25, -0.2) is 4.98 Å². The summed E-state index contributed by atoms with van der Waals surface area (Å²) in [5.41, 5.74) is 2.31. The Hall–Kier alpha value is -3.57. The molecule has 33 heavy (non-hydrogen) atoms. The van der Waals surface area contributed by atoms with Gasteiger partial charge in [-0.3, -0.25) is 9.59 Å². The predicted molar refractivity (Wildman–Crippen MR) is 131 cm³/mol.